The van der Waals surface area contributed by atoms with Crippen LogP contribution < -0.4 is 9.47 Å². The van der Waals surface area contributed by atoms with Gasteiger partial charge in [0.05, 0.1) is 25.7 Å². The van der Waals surface area contributed by atoms with Crippen LogP contribution >= 0.6 is 12.4 Å². The van der Waals surface area contributed by atoms with Gasteiger partial charge in [-0.25, -0.2) is 0 Å². The van der Waals surface area contributed by atoms with Crippen LogP contribution in [0.4, 0.5) is 0 Å². The molecule has 1 saturated heterocycles. The molecule has 3 rings (SSSR count). The van der Waals surface area contributed by atoms with Gasteiger partial charge in [-0.15, -0.1) is 12.4 Å². The van der Waals surface area contributed by atoms with Crippen molar-refractivity contribution in [1.29, 1.82) is 0 Å². The number of ether oxygens (including phenoxy) is 2. The molecule has 0 bridgehead atoms. The zero-order valence-corrected chi connectivity index (χ0v) is 19.7. The largest absolute Gasteiger partial charge is 0.497 e. The number of likely N-dealkylation sites (tertiary alicyclic amines) is 1. The average molecular weight is 458 g/mol. The number of carbonyl (C=O) groups excluding carboxylic acids is 1. The minimum absolute atomic E-state index is 0. The summed E-state index contributed by atoms with van der Waals surface area (Å²) in [5.41, 5.74) is 0.675. The smallest absolute Gasteiger partial charge is 0.163 e. The van der Waals surface area contributed by atoms with Crippen molar-refractivity contribution in [2.24, 2.45) is 5.92 Å². The van der Waals surface area contributed by atoms with Crippen LogP contribution in [0.2, 0.25) is 0 Å². The Morgan fingerprint density at radius 3 is 2.06 bits per heavy atom. The van der Waals surface area contributed by atoms with E-state index in [4.69, 9.17) is 9.47 Å². The second-order valence-electron chi connectivity index (χ2n) is 7.80. The van der Waals surface area contributed by atoms with Crippen molar-refractivity contribution < 1.29 is 19.4 Å². The lowest BCUT2D eigenvalue weighted by Gasteiger charge is -2.41. The Bertz CT molecular complexity index is 924. The molecule has 2 aromatic carbocycles. The third-order valence-corrected chi connectivity index (χ3v) is 5.90. The van der Waals surface area contributed by atoms with Crippen LogP contribution in [0, 0.1) is 5.92 Å². The van der Waals surface area contributed by atoms with Crippen LogP contribution in [0.25, 0.3) is 12.2 Å². The molecule has 0 amide bonds. The number of carbonyl (C=O) groups is 1. The number of hydrogen-bond donors (Lipinski definition) is 1. The molecule has 2 unspecified atom stereocenters. The lowest BCUT2D eigenvalue weighted by atomic mass is 9.77. The van der Waals surface area contributed by atoms with E-state index in [0.29, 0.717) is 13.0 Å². The van der Waals surface area contributed by atoms with Gasteiger partial charge in [0.15, 0.2) is 5.78 Å². The van der Waals surface area contributed by atoms with E-state index >= 15 is 0 Å². The first-order chi connectivity index (χ1) is 15.0. The standard InChI is InChI=1S/C26H31NO4.ClH/c1-4-27-18-17-26(29,16-15-21-7-12-23(31-3)13-8-21)24(19-27)25(28)14-9-20-5-10-22(30-2)11-6-20;/h5-16,24,29H,4,17-19H2,1-3H3;1H/b14-9+,16-15+;. The van der Waals surface area contributed by atoms with E-state index in [2.05, 4.69) is 11.8 Å². The number of allylic oxidation sites excluding steroid dienone is 1. The fraction of sp³-hybridized carbons (Fsp3) is 0.346. The van der Waals surface area contributed by atoms with Gasteiger partial charge < -0.3 is 19.5 Å². The zero-order valence-electron chi connectivity index (χ0n) is 18.9. The van der Waals surface area contributed by atoms with Gasteiger partial charge in [-0.3, -0.25) is 4.79 Å². The van der Waals surface area contributed by atoms with E-state index in [1.54, 1.807) is 32.4 Å². The molecule has 1 N–H and O–H groups in total. The summed E-state index contributed by atoms with van der Waals surface area (Å²) in [4.78, 5) is 15.3. The van der Waals surface area contributed by atoms with Crippen molar-refractivity contribution in [3.63, 3.8) is 0 Å². The maximum atomic E-state index is 13.1. The molecule has 0 radical (unpaired) electrons. The molecule has 1 aliphatic rings. The number of nitrogens with zero attached hydrogens (tertiary/aromatic N) is 1. The van der Waals surface area contributed by atoms with Crippen LogP contribution in [-0.2, 0) is 4.79 Å². The molecule has 5 nitrogen and oxygen atoms in total. The van der Waals surface area contributed by atoms with E-state index < -0.39 is 11.5 Å². The molecule has 6 heteroatoms. The molecule has 0 spiro atoms. The van der Waals surface area contributed by atoms with Crippen LogP contribution in [0.1, 0.15) is 24.5 Å². The third-order valence-electron chi connectivity index (χ3n) is 5.90. The lowest BCUT2D eigenvalue weighted by Crippen LogP contribution is -2.53. The van der Waals surface area contributed by atoms with Crippen LogP contribution in [0.5, 0.6) is 11.5 Å². The molecule has 1 aliphatic heterocycles. The van der Waals surface area contributed by atoms with Crippen LogP contribution in [0.3, 0.4) is 0 Å². The third kappa shape index (κ3) is 6.45. The highest BCUT2D eigenvalue weighted by atomic mass is 35.5. The fourth-order valence-electron chi connectivity index (χ4n) is 3.81. The average Bonchev–Trinajstić information content (AvgIpc) is 2.82. The lowest BCUT2D eigenvalue weighted by molar-refractivity contribution is -0.129. The van der Waals surface area contributed by atoms with Gasteiger partial charge in [-0.1, -0.05) is 49.4 Å². The highest BCUT2D eigenvalue weighted by Gasteiger charge is 2.42. The highest BCUT2D eigenvalue weighted by molar-refractivity contribution is 5.96. The van der Waals surface area contributed by atoms with Gasteiger partial charge in [0.2, 0.25) is 0 Å². The minimum Gasteiger partial charge on any atom is -0.497 e. The molecule has 1 fully saturated rings. The number of hydrogen-bond acceptors (Lipinski definition) is 5. The summed E-state index contributed by atoms with van der Waals surface area (Å²) in [5.74, 6) is 0.956. The Labute approximate surface area is 196 Å². The van der Waals surface area contributed by atoms with Crippen molar-refractivity contribution >= 4 is 30.3 Å². The summed E-state index contributed by atoms with van der Waals surface area (Å²) < 4.78 is 10.4. The van der Waals surface area contributed by atoms with Crippen LogP contribution in [-0.4, -0.2) is 55.2 Å². The number of rotatable bonds is 8. The molecule has 1 heterocycles. The molecule has 2 aromatic rings. The van der Waals surface area contributed by atoms with Crippen molar-refractivity contribution in [3.8, 4) is 11.5 Å². The van der Waals surface area contributed by atoms with E-state index in [0.717, 1.165) is 35.7 Å². The van der Waals surface area contributed by atoms with Crippen molar-refractivity contribution in [3.05, 3.63) is 71.8 Å². The molecule has 172 valence electrons. The van der Waals surface area contributed by atoms with Gasteiger partial charge in [0.1, 0.15) is 11.5 Å². The molecule has 0 aromatic heterocycles. The minimum atomic E-state index is -1.19. The molecular weight excluding hydrogens is 426 g/mol. The number of piperidine rings is 1. The number of methoxy groups -OCH3 is 2. The number of halogens is 1. The summed E-state index contributed by atoms with van der Waals surface area (Å²) in [5, 5.41) is 11.4. The predicted octanol–water partition coefficient (Wildman–Crippen LogP) is 4.49. The van der Waals surface area contributed by atoms with E-state index in [1.807, 2.05) is 54.6 Å². The Balaban J connectivity index is 0.00000363. The van der Waals surface area contributed by atoms with E-state index in [1.165, 1.54) is 0 Å². The summed E-state index contributed by atoms with van der Waals surface area (Å²) >= 11 is 0. The maximum absolute atomic E-state index is 13.1. The number of ketones is 1. The summed E-state index contributed by atoms with van der Waals surface area (Å²) in [6.45, 7) is 4.22. The van der Waals surface area contributed by atoms with E-state index in [-0.39, 0.29) is 18.2 Å². The van der Waals surface area contributed by atoms with Gasteiger partial charge in [0.25, 0.3) is 0 Å². The maximum Gasteiger partial charge on any atom is 0.163 e. The summed E-state index contributed by atoms with van der Waals surface area (Å²) in [6.07, 6.45) is 7.55. The van der Waals surface area contributed by atoms with Crippen molar-refractivity contribution in [1.82, 2.24) is 4.90 Å². The first-order valence-corrected chi connectivity index (χ1v) is 10.6. The van der Waals surface area contributed by atoms with Gasteiger partial charge in [-0.05, 0) is 54.4 Å². The molecule has 32 heavy (non-hydrogen) atoms. The molecular formula is C26H32ClNO4. The van der Waals surface area contributed by atoms with Gasteiger partial charge >= 0.3 is 0 Å². The molecule has 0 aliphatic carbocycles. The Hall–Kier alpha value is -2.60. The van der Waals surface area contributed by atoms with E-state index in [9.17, 15) is 9.90 Å². The molecule has 2 atom stereocenters. The SMILES string of the molecule is CCN1CCC(O)(/C=C/c2ccc(OC)cc2)C(C(=O)/C=C/c2ccc(OC)cc2)C1.Cl. The van der Waals surface area contributed by atoms with Gasteiger partial charge in [0, 0.05) is 13.1 Å². The number of aliphatic hydroxyl groups is 1. The Morgan fingerprint density at radius 1 is 1.03 bits per heavy atom. The van der Waals surface area contributed by atoms with Crippen LogP contribution in [0.15, 0.2) is 60.7 Å². The Morgan fingerprint density at radius 2 is 1.56 bits per heavy atom. The number of benzene rings is 2. The predicted molar refractivity (Wildman–Crippen MR) is 131 cm³/mol. The fourth-order valence-corrected chi connectivity index (χ4v) is 3.81. The zero-order chi connectivity index (χ0) is 22.3. The topological polar surface area (TPSA) is 59.0 Å². The normalized spacial score (nSPS) is 21.4. The van der Waals surface area contributed by atoms with Gasteiger partial charge in [-0.2, -0.15) is 0 Å². The first-order valence-electron chi connectivity index (χ1n) is 10.6. The monoisotopic (exact) mass is 457 g/mol. The van der Waals surface area contributed by atoms with Crippen molar-refractivity contribution in [2.45, 2.75) is 18.9 Å². The summed E-state index contributed by atoms with van der Waals surface area (Å²) in [6, 6.07) is 15.1. The highest BCUT2D eigenvalue weighted by Crippen LogP contribution is 2.32. The second kappa shape index (κ2) is 11.9. The summed E-state index contributed by atoms with van der Waals surface area (Å²) in [7, 11) is 3.25. The van der Waals surface area contributed by atoms with Crippen molar-refractivity contribution in [2.75, 3.05) is 33.9 Å². The quantitative estimate of drug-likeness (QED) is 0.591. The first kappa shape index (κ1) is 25.7. The second-order valence-corrected chi connectivity index (χ2v) is 7.80. The molecule has 0 saturated carbocycles. The Kier molecular flexibility index (Phi) is 9.51.